The molecule has 0 aliphatic carbocycles. The van der Waals surface area contributed by atoms with Crippen LogP contribution in [0.1, 0.15) is 30.0 Å². The molecule has 2 N–H and O–H groups in total. The molecular weight excluding hydrogens is 202 g/mol. The average Bonchev–Trinajstić information content (AvgIpc) is 2.30. The van der Waals surface area contributed by atoms with Crippen molar-refractivity contribution in [3.63, 3.8) is 0 Å². The summed E-state index contributed by atoms with van der Waals surface area (Å²) in [6.07, 6.45) is 2.56. The van der Waals surface area contributed by atoms with Crippen molar-refractivity contribution >= 4 is 11.8 Å². The molecule has 1 heterocycles. The Hall–Kier alpha value is -0.470. The van der Waals surface area contributed by atoms with Crippen LogP contribution >= 0.6 is 11.8 Å². The summed E-state index contributed by atoms with van der Waals surface area (Å²) >= 11 is 2.06. The van der Waals surface area contributed by atoms with Gasteiger partial charge in [0.25, 0.3) is 0 Å². The molecule has 2 rings (SSSR count). The summed E-state index contributed by atoms with van der Waals surface area (Å²) in [7, 11) is 0. The second-order valence-electron chi connectivity index (χ2n) is 4.33. The highest BCUT2D eigenvalue weighted by molar-refractivity contribution is 7.99. The standard InChI is InChI=1S/C13H19NS/c1-10-4-2-3-5-12(10)13(14)11-6-8-15-9-7-11/h2-5,11,13H,6-9,14H2,1H3. The van der Waals surface area contributed by atoms with Crippen molar-refractivity contribution in [2.45, 2.75) is 25.8 Å². The van der Waals surface area contributed by atoms with E-state index >= 15 is 0 Å². The largest absolute Gasteiger partial charge is 0.324 e. The topological polar surface area (TPSA) is 26.0 Å². The Morgan fingerprint density at radius 3 is 2.60 bits per heavy atom. The number of hydrogen-bond acceptors (Lipinski definition) is 2. The minimum absolute atomic E-state index is 0.243. The second kappa shape index (κ2) is 5.04. The molecule has 1 aliphatic rings. The Bertz CT molecular complexity index is 318. The first-order valence-corrected chi connectivity index (χ1v) is 6.83. The quantitative estimate of drug-likeness (QED) is 0.830. The van der Waals surface area contributed by atoms with E-state index in [0.717, 1.165) is 0 Å². The number of nitrogens with two attached hydrogens (primary N) is 1. The van der Waals surface area contributed by atoms with Crippen LogP contribution in [0.25, 0.3) is 0 Å². The lowest BCUT2D eigenvalue weighted by atomic mass is 9.87. The lowest BCUT2D eigenvalue weighted by Gasteiger charge is -2.28. The maximum Gasteiger partial charge on any atom is 0.0326 e. The summed E-state index contributed by atoms with van der Waals surface area (Å²) < 4.78 is 0. The summed E-state index contributed by atoms with van der Waals surface area (Å²) in [6, 6.07) is 8.77. The monoisotopic (exact) mass is 221 g/mol. The molecule has 1 aliphatic heterocycles. The molecular formula is C13H19NS. The third-order valence-corrected chi connectivity index (χ3v) is 4.37. The van der Waals surface area contributed by atoms with E-state index in [0.29, 0.717) is 5.92 Å². The lowest BCUT2D eigenvalue weighted by molar-refractivity contribution is 0.402. The van der Waals surface area contributed by atoms with E-state index in [2.05, 4.69) is 43.0 Å². The van der Waals surface area contributed by atoms with Crippen molar-refractivity contribution in [1.82, 2.24) is 0 Å². The fourth-order valence-electron chi connectivity index (χ4n) is 2.29. The van der Waals surface area contributed by atoms with Crippen molar-refractivity contribution in [1.29, 1.82) is 0 Å². The molecule has 1 aromatic carbocycles. The van der Waals surface area contributed by atoms with Gasteiger partial charge in [-0.1, -0.05) is 24.3 Å². The predicted molar refractivity (Wildman–Crippen MR) is 68.2 cm³/mol. The number of rotatable bonds is 2. The summed E-state index contributed by atoms with van der Waals surface area (Å²) in [5.74, 6) is 3.25. The van der Waals surface area contributed by atoms with Crippen molar-refractivity contribution in [3.05, 3.63) is 35.4 Å². The van der Waals surface area contributed by atoms with E-state index in [4.69, 9.17) is 5.73 Å². The second-order valence-corrected chi connectivity index (χ2v) is 5.56. The van der Waals surface area contributed by atoms with E-state index in [1.165, 1.54) is 35.5 Å². The molecule has 1 fully saturated rings. The van der Waals surface area contributed by atoms with Gasteiger partial charge in [0.15, 0.2) is 0 Å². The van der Waals surface area contributed by atoms with Crippen molar-refractivity contribution in [2.24, 2.45) is 11.7 Å². The van der Waals surface area contributed by atoms with Crippen molar-refractivity contribution in [2.75, 3.05) is 11.5 Å². The molecule has 82 valence electrons. The molecule has 0 bridgehead atoms. The zero-order valence-electron chi connectivity index (χ0n) is 9.28. The smallest absolute Gasteiger partial charge is 0.0326 e. The van der Waals surface area contributed by atoms with Crippen molar-refractivity contribution < 1.29 is 0 Å². The molecule has 2 heteroatoms. The van der Waals surface area contributed by atoms with Gasteiger partial charge in [-0.05, 0) is 48.3 Å². The molecule has 1 atom stereocenters. The van der Waals surface area contributed by atoms with Gasteiger partial charge in [-0.15, -0.1) is 0 Å². The van der Waals surface area contributed by atoms with E-state index in [9.17, 15) is 0 Å². The molecule has 0 amide bonds. The van der Waals surface area contributed by atoms with Crippen LogP contribution < -0.4 is 5.73 Å². The Kier molecular flexibility index (Phi) is 3.71. The first kappa shape index (κ1) is 11.0. The van der Waals surface area contributed by atoms with E-state index < -0.39 is 0 Å². The average molecular weight is 221 g/mol. The molecule has 1 unspecified atom stereocenters. The number of hydrogen-bond donors (Lipinski definition) is 1. The first-order chi connectivity index (χ1) is 7.29. The highest BCUT2D eigenvalue weighted by Gasteiger charge is 2.22. The van der Waals surface area contributed by atoms with Crippen LogP contribution in [0.3, 0.4) is 0 Å². The fraction of sp³-hybridized carbons (Fsp3) is 0.538. The van der Waals surface area contributed by atoms with Crippen LogP contribution in [-0.2, 0) is 0 Å². The van der Waals surface area contributed by atoms with Crippen molar-refractivity contribution in [3.8, 4) is 0 Å². The predicted octanol–water partition coefficient (Wildman–Crippen LogP) is 3.14. The Balaban J connectivity index is 2.12. The molecule has 0 radical (unpaired) electrons. The Morgan fingerprint density at radius 1 is 1.27 bits per heavy atom. The van der Waals surface area contributed by atoms with Crippen LogP contribution in [0, 0.1) is 12.8 Å². The summed E-state index contributed by atoms with van der Waals surface area (Å²) in [6.45, 7) is 2.16. The van der Waals surface area contributed by atoms with E-state index in [1.54, 1.807) is 0 Å². The molecule has 0 aromatic heterocycles. The van der Waals surface area contributed by atoms with Gasteiger partial charge < -0.3 is 5.73 Å². The van der Waals surface area contributed by atoms with Crippen LogP contribution in [0.15, 0.2) is 24.3 Å². The van der Waals surface area contributed by atoms with Crippen LogP contribution in [0.2, 0.25) is 0 Å². The molecule has 1 nitrogen and oxygen atoms in total. The summed E-state index contributed by atoms with van der Waals surface area (Å²) in [5.41, 5.74) is 9.04. The number of benzene rings is 1. The maximum absolute atomic E-state index is 6.36. The van der Waals surface area contributed by atoms with E-state index in [-0.39, 0.29) is 6.04 Å². The third-order valence-electron chi connectivity index (χ3n) is 3.32. The van der Waals surface area contributed by atoms with Gasteiger partial charge in [-0.2, -0.15) is 11.8 Å². The van der Waals surface area contributed by atoms with Gasteiger partial charge in [-0.25, -0.2) is 0 Å². The number of thioether (sulfide) groups is 1. The first-order valence-electron chi connectivity index (χ1n) is 5.68. The van der Waals surface area contributed by atoms with Gasteiger partial charge in [0.1, 0.15) is 0 Å². The SMILES string of the molecule is Cc1ccccc1C(N)C1CCSCC1. The van der Waals surface area contributed by atoms with Crippen LogP contribution in [0.4, 0.5) is 0 Å². The third kappa shape index (κ3) is 2.56. The molecule has 0 saturated carbocycles. The Labute approximate surface area is 96.4 Å². The van der Waals surface area contributed by atoms with Gasteiger partial charge in [0, 0.05) is 6.04 Å². The zero-order chi connectivity index (χ0) is 10.7. The highest BCUT2D eigenvalue weighted by Crippen LogP contribution is 2.32. The van der Waals surface area contributed by atoms with E-state index in [1.807, 2.05) is 0 Å². The normalized spacial score (nSPS) is 20.1. The Morgan fingerprint density at radius 2 is 1.93 bits per heavy atom. The lowest BCUT2D eigenvalue weighted by Crippen LogP contribution is -2.25. The summed E-state index contributed by atoms with van der Waals surface area (Å²) in [5, 5.41) is 0. The fourth-order valence-corrected chi connectivity index (χ4v) is 3.43. The zero-order valence-corrected chi connectivity index (χ0v) is 10.1. The maximum atomic E-state index is 6.36. The summed E-state index contributed by atoms with van der Waals surface area (Å²) in [4.78, 5) is 0. The van der Waals surface area contributed by atoms with Gasteiger partial charge in [0.2, 0.25) is 0 Å². The van der Waals surface area contributed by atoms with Gasteiger partial charge >= 0.3 is 0 Å². The van der Waals surface area contributed by atoms with Crippen LogP contribution in [-0.4, -0.2) is 11.5 Å². The van der Waals surface area contributed by atoms with Crippen LogP contribution in [0.5, 0.6) is 0 Å². The minimum atomic E-state index is 0.243. The highest BCUT2D eigenvalue weighted by atomic mass is 32.2. The minimum Gasteiger partial charge on any atom is -0.324 e. The van der Waals surface area contributed by atoms with Gasteiger partial charge in [-0.3, -0.25) is 0 Å². The van der Waals surface area contributed by atoms with Gasteiger partial charge in [0.05, 0.1) is 0 Å². The number of aryl methyl sites for hydroxylation is 1. The molecule has 15 heavy (non-hydrogen) atoms. The molecule has 1 aromatic rings. The molecule has 0 spiro atoms. The molecule has 1 saturated heterocycles.